The van der Waals surface area contributed by atoms with E-state index in [1.165, 1.54) is 4.57 Å². The largest absolute Gasteiger partial charge is 0.505 e. The highest BCUT2D eigenvalue weighted by Crippen LogP contribution is 2.50. The van der Waals surface area contributed by atoms with Gasteiger partial charge in [0.1, 0.15) is 11.0 Å². The summed E-state index contributed by atoms with van der Waals surface area (Å²) in [5, 5.41) is 0.791. The quantitative estimate of drug-likeness (QED) is 0.301. The maximum Gasteiger partial charge on any atom is 0.419 e. The lowest BCUT2D eigenvalue weighted by molar-refractivity contribution is -0.120. The second-order valence-corrected chi connectivity index (χ2v) is 10.2. The predicted octanol–water partition coefficient (Wildman–Crippen LogP) is 6.42. The Labute approximate surface area is 216 Å². The maximum absolute atomic E-state index is 14.5. The summed E-state index contributed by atoms with van der Waals surface area (Å²) in [5.74, 6) is -0.113. The molecule has 1 aliphatic heterocycles. The molecule has 0 bridgehead atoms. The van der Waals surface area contributed by atoms with E-state index in [1.54, 1.807) is 25.6 Å². The van der Waals surface area contributed by atoms with Crippen molar-refractivity contribution in [2.24, 2.45) is 0 Å². The SMILES string of the molecule is CO/C=C/[C@@]1(c2cn(C(=O)OC(C)(C)C)c3ccccc23)C(=O)N(Cc2ccccc2)c2ccccc21. The number of carbonyl (C=O) groups is 2. The van der Waals surface area contributed by atoms with Gasteiger partial charge in [0.05, 0.1) is 25.4 Å². The van der Waals surface area contributed by atoms with E-state index in [1.807, 2.05) is 105 Å². The van der Waals surface area contributed by atoms with Crippen LogP contribution in [0.25, 0.3) is 10.9 Å². The van der Waals surface area contributed by atoms with Gasteiger partial charge in [-0.15, -0.1) is 0 Å². The molecule has 3 aromatic carbocycles. The van der Waals surface area contributed by atoms with Crippen molar-refractivity contribution >= 4 is 28.6 Å². The summed E-state index contributed by atoms with van der Waals surface area (Å²) in [6, 6.07) is 25.3. The number of benzene rings is 3. The topological polar surface area (TPSA) is 60.8 Å². The molecule has 37 heavy (non-hydrogen) atoms. The average molecular weight is 495 g/mol. The molecule has 0 unspecified atom stereocenters. The molecule has 0 radical (unpaired) electrons. The first-order valence-corrected chi connectivity index (χ1v) is 12.3. The number of aromatic nitrogens is 1. The molecule has 6 heteroatoms. The smallest absolute Gasteiger partial charge is 0.419 e. The number of ether oxygens (including phenoxy) is 2. The molecule has 0 saturated heterocycles. The number of rotatable bonds is 5. The molecule has 0 fully saturated rings. The zero-order valence-corrected chi connectivity index (χ0v) is 21.5. The van der Waals surface area contributed by atoms with Crippen LogP contribution in [0.2, 0.25) is 0 Å². The van der Waals surface area contributed by atoms with Gasteiger partial charge in [-0.1, -0.05) is 66.7 Å². The number of para-hydroxylation sites is 2. The van der Waals surface area contributed by atoms with Crippen LogP contribution in [-0.4, -0.2) is 29.3 Å². The highest BCUT2D eigenvalue weighted by molar-refractivity contribution is 6.14. The van der Waals surface area contributed by atoms with E-state index in [9.17, 15) is 9.59 Å². The number of nitrogens with zero attached hydrogens (tertiary/aromatic N) is 2. The molecule has 0 aliphatic carbocycles. The molecule has 2 heterocycles. The van der Waals surface area contributed by atoms with E-state index in [0.29, 0.717) is 17.6 Å². The highest BCUT2D eigenvalue weighted by atomic mass is 16.6. The molecule has 1 aliphatic rings. The van der Waals surface area contributed by atoms with Crippen molar-refractivity contribution in [3.05, 3.63) is 114 Å². The van der Waals surface area contributed by atoms with E-state index in [0.717, 1.165) is 22.2 Å². The molecular formula is C31H30N2O4. The first-order chi connectivity index (χ1) is 17.8. The van der Waals surface area contributed by atoms with Crippen molar-refractivity contribution < 1.29 is 19.1 Å². The third-order valence-electron chi connectivity index (χ3n) is 6.57. The molecule has 5 rings (SSSR count). The van der Waals surface area contributed by atoms with Crippen LogP contribution in [0.5, 0.6) is 0 Å². The van der Waals surface area contributed by atoms with Gasteiger partial charge in [-0.25, -0.2) is 4.79 Å². The highest BCUT2D eigenvalue weighted by Gasteiger charge is 2.52. The Balaban J connectivity index is 1.75. The number of anilines is 1. The van der Waals surface area contributed by atoms with Crippen molar-refractivity contribution in [2.45, 2.75) is 38.3 Å². The Morgan fingerprint density at radius 1 is 0.919 bits per heavy atom. The standard InChI is InChI=1S/C31H30N2O4/c1-30(2,3)37-29(35)33-21-25(23-14-8-10-16-26(23)33)31(18-19-36-4)24-15-9-11-17-27(24)32(28(31)34)20-22-12-6-5-7-13-22/h5-19,21H,20H2,1-4H3/b19-18+/t31-/m1/s1. The van der Waals surface area contributed by atoms with Crippen LogP contribution in [-0.2, 0) is 26.2 Å². The molecule has 6 nitrogen and oxygen atoms in total. The average Bonchev–Trinajstić information content (AvgIpc) is 3.38. The second kappa shape index (κ2) is 9.28. The lowest BCUT2D eigenvalue weighted by Crippen LogP contribution is -2.39. The zero-order chi connectivity index (χ0) is 26.2. The summed E-state index contributed by atoms with van der Waals surface area (Å²) in [6.45, 7) is 5.92. The van der Waals surface area contributed by atoms with Crippen LogP contribution in [0.3, 0.4) is 0 Å². The Morgan fingerprint density at radius 2 is 1.59 bits per heavy atom. The number of hydrogen-bond acceptors (Lipinski definition) is 4. The summed E-state index contributed by atoms with van der Waals surface area (Å²) >= 11 is 0. The van der Waals surface area contributed by atoms with Gasteiger partial charge in [0.25, 0.3) is 0 Å². The van der Waals surface area contributed by atoms with Gasteiger partial charge in [0.15, 0.2) is 0 Å². The lowest BCUT2D eigenvalue weighted by Gasteiger charge is -2.26. The zero-order valence-electron chi connectivity index (χ0n) is 21.5. The van der Waals surface area contributed by atoms with Crippen LogP contribution in [0, 0.1) is 0 Å². The van der Waals surface area contributed by atoms with Crippen molar-refractivity contribution in [3.63, 3.8) is 0 Å². The Kier molecular flexibility index (Phi) is 6.12. The summed E-state index contributed by atoms with van der Waals surface area (Å²) in [5.41, 5.74) is 2.17. The van der Waals surface area contributed by atoms with Crippen LogP contribution in [0.15, 0.2) is 97.4 Å². The fraction of sp³-hybridized carbons (Fsp3) is 0.226. The minimum absolute atomic E-state index is 0.113. The minimum Gasteiger partial charge on any atom is -0.505 e. The van der Waals surface area contributed by atoms with E-state index in [2.05, 4.69) is 0 Å². The molecular weight excluding hydrogens is 464 g/mol. The molecule has 1 atom stereocenters. The Bertz CT molecular complexity index is 1500. The maximum atomic E-state index is 14.5. The number of methoxy groups -OCH3 is 1. The predicted molar refractivity (Wildman–Crippen MR) is 145 cm³/mol. The van der Waals surface area contributed by atoms with Gasteiger partial charge >= 0.3 is 6.09 Å². The summed E-state index contributed by atoms with van der Waals surface area (Å²) in [6.07, 6.45) is 4.57. The second-order valence-electron chi connectivity index (χ2n) is 10.2. The van der Waals surface area contributed by atoms with Gasteiger partial charge < -0.3 is 14.4 Å². The van der Waals surface area contributed by atoms with E-state index < -0.39 is 17.1 Å². The molecule has 1 aromatic heterocycles. The van der Waals surface area contributed by atoms with E-state index in [-0.39, 0.29) is 5.91 Å². The van der Waals surface area contributed by atoms with Crippen LogP contribution in [0.1, 0.15) is 37.5 Å². The lowest BCUT2D eigenvalue weighted by atomic mass is 9.75. The van der Waals surface area contributed by atoms with Crippen LogP contribution < -0.4 is 4.90 Å². The minimum atomic E-state index is -1.20. The Hall–Kier alpha value is -4.32. The molecule has 0 saturated carbocycles. The fourth-order valence-corrected chi connectivity index (χ4v) is 5.04. The van der Waals surface area contributed by atoms with E-state index in [4.69, 9.17) is 9.47 Å². The van der Waals surface area contributed by atoms with Crippen molar-refractivity contribution in [3.8, 4) is 0 Å². The third-order valence-corrected chi connectivity index (χ3v) is 6.57. The number of fused-ring (bicyclic) bond motifs is 2. The van der Waals surface area contributed by atoms with Crippen molar-refractivity contribution in [1.82, 2.24) is 4.57 Å². The first kappa shape index (κ1) is 24.4. The first-order valence-electron chi connectivity index (χ1n) is 12.3. The molecule has 1 amide bonds. The van der Waals surface area contributed by atoms with Gasteiger partial charge in [-0.2, -0.15) is 0 Å². The third kappa shape index (κ3) is 4.18. The van der Waals surface area contributed by atoms with Gasteiger partial charge in [-0.05, 0) is 50.1 Å². The Morgan fingerprint density at radius 3 is 2.32 bits per heavy atom. The molecule has 0 N–H and O–H groups in total. The fourth-order valence-electron chi connectivity index (χ4n) is 5.04. The van der Waals surface area contributed by atoms with E-state index >= 15 is 0 Å². The molecule has 4 aromatic rings. The molecule has 0 spiro atoms. The van der Waals surface area contributed by atoms with Crippen LogP contribution in [0.4, 0.5) is 10.5 Å². The van der Waals surface area contributed by atoms with Crippen LogP contribution >= 0.6 is 0 Å². The van der Waals surface area contributed by atoms with Crippen molar-refractivity contribution in [2.75, 3.05) is 12.0 Å². The summed E-state index contributed by atoms with van der Waals surface area (Å²) < 4.78 is 12.5. The summed E-state index contributed by atoms with van der Waals surface area (Å²) in [4.78, 5) is 29.6. The summed E-state index contributed by atoms with van der Waals surface area (Å²) in [7, 11) is 1.56. The van der Waals surface area contributed by atoms with Gasteiger partial charge in [0.2, 0.25) is 5.91 Å². The number of amides is 1. The molecule has 188 valence electrons. The van der Waals surface area contributed by atoms with Gasteiger partial charge in [-0.3, -0.25) is 9.36 Å². The normalized spacial score (nSPS) is 17.4. The van der Waals surface area contributed by atoms with Crippen molar-refractivity contribution in [1.29, 1.82) is 0 Å². The van der Waals surface area contributed by atoms with Gasteiger partial charge in [0, 0.05) is 22.8 Å². The monoisotopic (exact) mass is 494 g/mol. The number of carbonyl (C=O) groups excluding carboxylic acids is 2. The number of hydrogen-bond donors (Lipinski definition) is 0.